The van der Waals surface area contributed by atoms with Gasteiger partial charge in [0, 0.05) is 31.4 Å². The smallest absolute Gasteiger partial charge is 0.0962 e. The Balaban J connectivity index is 2.96. The van der Waals surface area contributed by atoms with Crippen molar-refractivity contribution in [2.75, 3.05) is 26.7 Å². The Hall–Kier alpha value is -0.960. The molecule has 0 saturated carbocycles. The van der Waals surface area contributed by atoms with Gasteiger partial charge in [-0.3, -0.25) is 0 Å². The molecule has 0 aromatic carbocycles. The summed E-state index contributed by atoms with van der Waals surface area (Å²) in [6, 6.07) is 0.558. The highest BCUT2D eigenvalue weighted by Gasteiger charge is 2.21. The molecule has 0 spiro atoms. The molecule has 0 amide bonds. The van der Waals surface area contributed by atoms with Crippen LogP contribution in [0.25, 0.3) is 0 Å². The highest BCUT2D eigenvalue weighted by molar-refractivity contribution is 5.30. The Morgan fingerprint density at radius 1 is 1.32 bits per heavy atom. The lowest BCUT2D eigenvalue weighted by Crippen LogP contribution is -2.48. The van der Waals surface area contributed by atoms with Crippen molar-refractivity contribution >= 4 is 0 Å². The van der Waals surface area contributed by atoms with Gasteiger partial charge in [-0.25, -0.2) is 0 Å². The SMILES string of the molecule is CO/C(C)=C(/C=C(\C)N1CCNC(C)C1)C(C)(C)C. The van der Waals surface area contributed by atoms with Crippen LogP contribution in [0.15, 0.2) is 23.1 Å². The van der Waals surface area contributed by atoms with Crippen molar-refractivity contribution in [1.82, 2.24) is 10.2 Å². The quantitative estimate of drug-likeness (QED) is 0.627. The summed E-state index contributed by atoms with van der Waals surface area (Å²) in [5.41, 5.74) is 2.70. The summed E-state index contributed by atoms with van der Waals surface area (Å²) < 4.78 is 5.45. The van der Waals surface area contributed by atoms with E-state index >= 15 is 0 Å². The molecule has 1 rings (SSSR count). The lowest BCUT2D eigenvalue weighted by Gasteiger charge is -2.35. The number of hydrogen-bond donors (Lipinski definition) is 1. The van der Waals surface area contributed by atoms with Crippen molar-refractivity contribution in [3.05, 3.63) is 23.1 Å². The number of nitrogens with one attached hydrogen (secondary N) is 1. The molecule has 0 radical (unpaired) electrons. The van der Waals surface area contributed by atoms with E-state index in [0.717, 1.165) is 25.4 Å². The first-order chi connectivity index (χ1) is 8.75. The molecule has 3 heteroatoms. The predicted octanol–water partition coefficient (Wildman–Crippen LogP) is 3.15. The van der Waals surface area contributed by atoms with Gasteiger partial charge in [-0.05, 0) is 37.8 Å². The van der Waals surface area contributed by atoms with E-state index < -0.39 is 0 Å². The zero-order valence-corrected chi connectivity index (χ0v) is 13.6. The van der Waals surface area contributed by atoms with E-state index in [9.17, 15) is 0 Å². The molecule has 1 N–H and O–H groups in total. The fraction of sp³-hybridized carbons (Fsp3) is 0.750. The minimum atomic E-state index is 0.0982. The van der Waals surface area contributed by atoms with Crippen LogP contribution in [0.5, 0.6) is 0 Å². The first-order valence-electron chi connectivity index (χ1n) is 7.17. The lowest BCUT2D eigenvalue weighted by atomic mass is 9.85. The predicted molar refractivity (Wildman–Crippen MR) is 82.0 cm³/mol. The molecule has 1 aliphatic rings. The molecule has 0 bridgehead atoms. The van der Waals surface area contributed by atoms with Crippen molar-refractivity contribution in [3.63, 3.8) is 0 Å². The molecule has 3 nitrogen and oxygen atoms in total. The number of nitrogens with zero attached hydrogens (tertiary/aromatic N) is 1. The first-order valence-corrected chi connectivity index (χ1v) is 7.17. The summed E-state index contributed by atoms with van der Waals surface area (Å²) in [7, 11) is 1.75. The van der Waals surface area contributed by atoms with Crippen LogP contribution in [0.2, 0.25) is 0 Å². The third-order valence-corrected chi connectivity index (χ3v) is 3.71. The van der Waals surface area contributed by atoms with Gasteiger partial charge in [0.25, 0.3) is 0 Å². The van der Waals surface area contributed by atoms with E-state index in [0.29, 0.717) is 6.04 Å². The summed E-state index contributed by atoms with van der Waals surface area (Å²) in [4.78, 5) is 2.45. The van der Waals surface area contributed by atoms with Gasteiger partial charge in [0.05, 0.1) is 12.9 Å². The minimum Gasteiger partial charge on any atom is -0.501 e. The van der Waals surface area contributed by atoms with Crippen molar-refractivity contribution in [2.45, 2.75) is 47.6 Å². The van der Waals surface area contributed by atoms with Crippen LogP contribution in [0.1, 0.15) is 41.5 Å². The van der Waals surface area contributed by atoms with E-state index in [1.807, 2.05) is 6.92 Å². The Bertz CT molecular complexity index is 363. The van der Waals surface area contributed by atoms with E-state index in [2.05, 4.69) is 50.9 Å². The van der Waals surface area contributed by atoms with Crippen LogP contribution in [0.4, 0.5) is 0 Å². The molecule has 0 aromatic heterocycles. The van der Waals surface area contributed by atoms with Crippen LogP contribution < -0.4 is 5.32 Å². The molecule has 1 heterocycles. The zero-order valence-electron chi connectivity index (χ0n) is 13.6. The monoisotopic (exact) mass is 266 g/mol. The highest BCUT2D eigenvalue weighted by atomic mass is 16.5. The maximum atomic E-state index is 5.45. The largest absolute Gasteiger partial charge is 0.501 e. The summed E-state index contributed by atoms with van der Waals surface area (Å²) in [6.45, 7) is 16.4. The molecule has 0 aliphatic carbocycles. The van der Waals surface area contributed by atoms with Crippen LogP contribution in [-0.2, 0) is 4.74 Å². The summed E-state index contributed by atoms with van der Waals surface area (Å²) in [6.07, 6.45) is 2.29. The summed E-state index contributed by atoms with van der Waals surface area (Å²) in [5.74, 6) is 1.01. The number of piperazine rings is 1. The third kappa shape index (κ3) is 4.57. The van der Waals surface area contributed by atoms with E-state index in [-0.39, 0.29) is 5.41 Å². The van der Waals surface area contributed by atoms with Gasteiger partial charge in [-0.15, -0.1) is 0 Å². The van der Waals surface area contributed by atoms with Gasteiger partial charge >= 0.3 is 0 Å². The molecule has 1 fully saturated rings. The molecule has 1 atom stereocenters. The molecular formula is C16H30N2O. The Labute approximate surface area is 118 Å². The molecule has 1 unspecified atom stereocenters. The number of methoxy groups -OCH3 is 1. The molecule has 0 aromatic rings. The van der Waals surface area contributed by atoms with E-state index in [4.69, 9.17) is 4.74 Å². The maximum absolute atomic E-state index is 5.45. The zero-order chi connectivity index (χ0) is 14.6. The fourth-order valence-corrected chi connectivity index (χ4v) is 2.51. The van der Waals surface area contributed by atoms with Crippen molar-refractivity contribution < 1.29 is 4.74 Å². The van der Waals surface area contributed by atoms with E-state index in [1.165, 1.54) is 11.3 Å². The van der Waals surface area contributed by atoms with Crippen LogP contribution in [0, 0.1) is 5.41 Å². The molecule has 1 saturated heterocycles. The number of ether oxygens (including phenoxy) is 1. The molecular weight excluding hydrogens is 236 g/mol. The minimum absolute atomic E-state index is 0.0982. The van der Waals surface area contributed by atoms with Gasteiger partial charge in [-0.2, -0.15) is 0 Å². The number of hydrogen-bond acceptors (Lipinski definition) is 3. The fourth-order valence-electron chi connectivity index (χ4n) is 2.51. The summed E-state index contributed by atoms with van der Waals surface area (Å²) in [5, 5.41) is 3.48. The molecule has 110 valence electrons. The average Bonchev–Trinajstić information content (AvgIpc) is 2.33. The molecule has 1 aliphatic heterocycles. The maximum Gasteiger partial charge on any atom is 0.0962 e. The normalized spacial score (nSPS) is 23.2. The Morgan fingerprint density at radius 3 is 2.42 bits per heavy atom. The second kappa shape index (κ2) is 6.47. The highest BCUT2D eigenvalue weighted by Crippen LogP contribution is 2.30. The van der Waals surface area contributed by atoms with Crippen molar-refractivity contribution in [1.29, 1.82) is 0 Å². The van der Waals surface area contributed by atoms with Crippen LogP contribution in [0.3, 0.4) is 0 Å². The first kappa shape index (κ1) is 16.1. The average molecular weight is 266 g/mol. The number of allylic oxidation sites excluding steroid dienone is 4. The second-order valence-electron chi connectivity index (χ2n) is 6.51. The van der Waals surface area contributed by atoms with Gasteiger partial charge in [0.15, 0.2) is 0 Å². The van der Waals surface area contributed by atoms with Crippen LogP contribution in [-0.4, -0.2) is 37.7 Å². The Morgan fingerprint density at radius 2 is 1.95 bits per heavy atom. The van der Waals surface area contributed by atoms with E-state index in [1.54, 1.807) is 7.11 Å². The van der Waals surface area contributed by atoms with Gasteiger partial charge in [0.2, 0.25) is 0 Å². The summed E-state index contributed by atoms with van der Waals surface area (Å²) >= 11 is 0. The standard InChI is InChI=1S/C16H30N2O/c1-12-11-18(9-8-17-12)13(2)10-15(14(3)19-7)16(4,5)6/h10,12,17H,8-9,11H2,1-7H3/b13-10+,15-14-. The van der Waals surface area contributed by atoms with Crippen molar-refractivity contribution in [3.8, 4) is 0 Å². The van der Waals surface area contributed by atoms with Gasteiger partial charge < -0.3 is 15.0 Å². The molecule has 19 heavy (non-hydrogen) atoms. The van der Waals surface area contributed by atoms with Gasteiger partial charge in [0.1, 0.15) is 0 Å². The van der Waals surface area contributed by atoms with Gasteiger partial charge in [-0.1, -0.05) is 20.8 Å². The van der Waals surface area contributed by atoms with Crippen molar-refractivity contribution in [2.24, 2.45) is 5.41 Å². The third-order valence-electron chi connectivity index (χ3n) is 3.71. The van der Waals surface area contributed by atoms with Crippen LogP contribution >= 0.6 is 0 Å². The number of rotatable bonds is 3. The Kier molecular flexibility index (Phi) is 5.48. The second-order valence-corrected chi connectivity index (χ2v) is 6.51. The lowest BCUT2D eigenvalue weighted by molar-refractivity contribution is 0.254. The topological polar surface area (TPSA) is 24.5 Å².